The van der Waals surface area contributed by atoms with Gasteiger partial charge in [-0.1, -0.05) is 38.1 Å². The van der Waals surface area contributed by atoms with E-state index in [4.69, 9.17) is 12.2 Å². The van der Waals surface area contributed by atoms with Gasteiger partial charge >= 0.3 is 0 Å². The normalized spacial score (nSPS) is 11.8. The predicted molar refractivity (Wildman–Crippen MR) is 116 cm³/mol. The standard InChI is InChI=1S/C21H25N3O3S/c1-13(2)11-16-5-7-17(8-6-16)15(4)20(25)23-21(28)22-19-10-9-18(24(26)27)12-14(19)3/h5-10,12-13,15H,11H2,1-4H3,(H2,22,23,25,28). The first-order valence-corrected chi connectivity index (χ1v) is 9.54. The topological polar surface area (TPSA) is 84.3 Å². The number of non-ortho nitro benzene ring substituents is 1. The van der Waals surface area contributed by atoms with Gasteiger partial charge in [0.15, 0.2) is 5.11 Å². The van der Waals surface area contributed by atoms with Gasteiger partial charge in [-0.25, -0.2) is 0 Å². The quantitative estimate of drug-likeness (QED) is 0.417. The van der Waals surface area contributed by atoms with E-state index in [1.807, 2.05) is 19.1 Å². The van der Waals surface area contributed by atoms with Crippen molar-refractivity contribution in [2.75, 3.05) is 5.32 Å². The van der Waals surface area contributed by atoms with Gasteiger partial charge in [0.1, 0.15) is 0 Å². The zero-order chi connectivity index (χ0) is 20.8. The van der Waals surface area contributed by atoms with Crippen LogP contribution in [0.2, 0.25) is 0 Å². The molecule has 0 aliphatic heterocycles. The molecule has 1 atom stereocenters. The van der Waals surface area contributed by atoms with Crippen molar-refractivity contribution in [3.05, 3.63) is 69.3 Å². The highest BCUT2D eigenvalue weighted by Crippen LogP contribution is 2.21. The third-order valence-electron chi connectivity index (χ3n) is 4.42. The first kappa shape index (κ1) is 21.5. The molecule has 2 aromatic rings. The molecule has 0 radical (unpaired) electrons. The molecule has 0 bridgehead atoms. The number of nitrogens with zero attached hydrogens (tertiary/aromatic N) is 1. The molecule has 1 amide bonds. The minimum Gasteiger partial charge on any atom is -0.332 e. The lowest BCUT2D eigenvalue weighted by Gasteiger charge is -2.16. The fraction of sp³-hybridized carbons (Fsp3) is 0.333. The number of benzene rings is 2. The van der Waals surface area contributed by atoms with Crippen LogP contribution in [-0.4, -0.2) is 15.9 Å². The Kier molecular flexibility index (Phi) is 7.23. The summed E-state index contributed by atoms with van der Waals surface area (Å²) in [4.78, 5) is 22.9. The number of thiocarbonyl (C=S) groups is 1. The molecule has 7 heteroatoms. The molecule has 2 rings (SSSR count). The maximum atomic E-state index is 12.5. The Morgan fingerprint density at radius 3 is 2.32 bits per heavy atom. The molecule has 0 spiro atoms. The van der Waals surface area contributed by atoms with E-state index in [2.05, 4.69) is 36.6 Å². The van der Waals surface area contributed by atoms with E-state index in [1.165, 1.54) is 17.7 Å². The lowest BCUT2D eigenvalue weighted by atomic mass is 9.96. The molecular weight excluding hydrogens is 374 g/mol. The third-order valence-corrected chi connectivity index (χ3v) is 4.63. The van der Waals surface area contributed by atoms with Crippen molar-refractivity contribution in [3.63, 3.8) is 0 Å². The number of nitro groups is 1. The maximum Gasteiger partial charge on any atom is 0.269 e. The van der Waals surface area contributed by atoms with Crippen molar-refractivity contribution >= 4 is 34.6 Å². The molecule has 28 heavy (non-hydrogen) atoms. The van der Waals surface area contributed by atoms with E-state index in [1.54, 1.807) is 13.0 Å². The molecule has 2 N–H and O–H groups in total. The third kappa shape index (κ3) is 5.85. The van der Waals surface area contributed by atoms with Gasteiger partial charge < -0.3 is 10.6 Å². The summed E-state index contributed by atoms with van der Waals surface area (Å²) < 4.78 is 0. The summed E-state index contributed by atoms with van der Waals surface area (Å²) in [6.07, 6.45) is 1.00. The smallest absolute Gasteiger partial charge is 0.269 e. The van der Waals surface area contributed by atoms with Crippen LogP contribution in [0.5, 0.6) is 0 Å². The number of nitrogens with one attached hydrogen (secondary N) is 2. The van der Waals surface area contributed by atoms with E-state index in [0.717, 1.165) is 12.0 Å². The molecule has 0 saturated carbocycles. The molecule has 148 valence electrons. The van der Waals surface area contributed by atoms with Gasteiger partial charge in [-0.15, -0.1) is 0 Å². The fourth-order valence-corrected chi connectivity index (χ4v) is 3.05. The van der Waals surface area contributed by atoms with E-state index in [-0.39, 0.29) is 22.6 Å². The summed E-state index contributed by atoms with van der Waals surface area (Å²) in [5.41, 5.74) is 3.45. The van der Waals surface area contributed by atoms with E-state index < -0.39 is 4.92 Å². The first-order valence-electron chi connectivity index (χ1n) is 9.13. The lowest BCUT2D eigenvalue weighted by molar-refractivity contribution is -0.384. The number of anilines is 1. The van der Waals surface area contributed by atoms with Gasteiger partial charge in [0.25, 0.3) is 5.69 Å². The Morgan fingerprint density at radius 1 is 1.14 bits per heavy atom. The highest BCUT2D eigenvalue weighted by atomic mass is 32.1. The zero-order valence-corrected chi connectivity index (χ0v) is 17.3. The van der Waals surface area contributed by atoms with Crippen LogP contribution < -0.4 is 10.6 Å². The zero-order valence-electron chi connectivity index (χ0n) is 16.5. The largest absolute Gasteiger partial charge is 0.332 e. The number of carbonyl (C=O) groups is 1. The van der Waals surface area contributed by atoms with Crippen LogP contribution in [0.15, 0.2) is 42.5 Å². The van der Waals surface area contributed by atoms with Gasteiger partial charge in [0.2, 0.25) is 5.91 Å². The van der Waals surface area contributed by atoms with E-state index in [9.17, 15) is 14.9 Å². The van der Waals surface area contributed by atoms with E-state index >= 15 is 0 Å². The minimum absolute atomic E-state index is 0.00698. The van der Waals surface area contributed by atoms with Crippen molar-refractivity contribution in [1.82, 2.24) is 5.32 Å². The summed E-state index contributed by atoms with van der Waals surface area (Å²) in [7, 11) is 0. The number of hydrogen-bond donors (Lipinski definition) is 2. The number of amides is 1. The van der Waals surface area contributed by atoms with Gasteiger partial charge in [0, 0.05) is 17.8 Å². The van der Waals surface area contributed by atoms with E-state index in [0.29, 0.717) is 17.2 Å². The summed E-state index contributed by atoms with van der Waals surface area (Å²) in [6.45, 7) is 7.91. The van der Waals surface area contributed by atoms with Gasteiger partial charge in [-0.05, 0) is 61.2 Å². The maximum absolute atomic E-state index is 12.5. The first-order chi connectivity index (χ1) is 13.2. The SMILES string of the molecule is Cc1cc([N+](=O)[O-])ccc1NC(=S)NC(=O)C(C)c1ccc(CC(C)C)cc1. The van der Waals surface area contributed by atoms with Gasteiger partial charge in [-0.2, -0.15) is 0 Å². The Bertz CT molecular complexity index is 879. The second kappa shape index (κ2) is 9.41. The minimum atomic E-state index is -0.453. The van der Waals surface area contributed by atoms with Crippen LogP contribution in [-0.2, 0) is 11.2 Å². The summed E-state index contributed by atoms with van der Waals surface area (Å²) in [5, 5.41) is 16.6. The molecule has 2 aromatic carbocycles. The van der Waals surface area contributed by atoms with Crippen LogP contribution in [0.4, 0.5) is 11.4 Å². The molecule has 0 aliphatic rings. The highest BCUT2D eigenvalue weighted by molar-refractivity contribution is 7.80. The Labute approximate surface area is 170 Å². The molecule has 0 aliphatic carbocycles. The van der Waals surface area contributed by atoms with Crippen molar-refractivity contribution in [2.24, 2.45) is 5.92 Å². The number of aryl methyl sites for hydroxylation is 1. The second-order valence-corrected chi connectivity index (χ2v) is 7.67. The molecule has 0 fully saturated rings. The second-order valence-electron chi connectivity index (χ2n) is 7.26. The van der Waals surface area contributed by atoms with Gasteiger partial charge in [0.05, 0.1) is 10.8 Å². The average molecular weight is 400 g/mol. The van der Waals surface area contributed by atoms with Crippen LogP contribution in [0.1, 0.15) is 43.4 Å². The number of hydrogen-bond acceptors (Lipinski definition) is 4. The lowest BCUT2D eigenvalue weighted by Crippen LogP contribution is -2.36. The summed E-state index contributed by atoms with van der Waals surface area (Å²) in [6, 6.07) is 12.5. The highest BCUT2D eigenvalue weighted by Gasteiger charge is 2.17. The van der Waals surface area contributed by atoms with Crippen molar-refractivity contribution in [1.29, 1.82) is 0 Å². The average Bonchev–Trinajstić information content (AvgIpc) is 2.62. The van der Waals surface area contributed by atoms with Crippen molar-refractivity contribution in [2.45, 2.75) is 40.0 Å². The number of rotatable bonds is 6. The molecule has 0 aromatic heterocycles. The molecular formula is C21H25N3O3S. The van der Waals surface area contributed by atoms with Gasteiger partial charge in [-0.3, -0.25) is 14.9 Å². The monoisotopic (exact) mass is 399 g/mol. The Morgan fingerprint density at radius 2 is 1.79 bits per heavy atom. The van der Waals surface area contributed by atoms with Crippen LogP contribution in [0.3, 0.4) is 0 Å². The fourth-order valence-electron chi connectivity index (χ4n) is 2.84. The Hall–Kier alpha value is -2.80. The van der Waals surface area contributed by atoms with Crippen molar-refractivity contribution in [3.8, 4) is 0 Å². The molecule has 0 heterocycles. The summed E-state index contributed by atoms with van der Waals surface area (Å²) >= 11 is 5.22. The molecule has 0 saturated heterocycles. The molecule has 1 unspecified atom stereocenters. The number of carbonyl (C=O) groups excluding carboxylic acids is 1. The summed E-state index contributed by atoms with van der Waals surface area (Å²) in [5.74, 6) is 0.0115. The van der Waals surface area contributed by atoms with Crippen LogP contribution in [0, 0.1) is 23.0 Å². The molecule has 6 nitrogen and oxygen atoms in total. The number of nitro benzene ring substituents is 1. The Balaban J connectivity index is 1.98. The van der Waals surface area contributed by atoms with Crippen molar-refractivity contribution < 1.29 is 9.72 Å². The predicted octanol–water partition coefficient (Wildman–Crippen LogP) is 4.72. The van der Waals surface area contributed by atoms with Crippen LogP contribution >= 0.6 is 12.2 Å². The van der Waals surface area contributed by atoms with Crippen LogP contribution in [0.25, 0.3) is 0 Å².